The molecule has 0 aliphatic carbocycles. The number of hydrogen-bond acceptors (Lipinski definition) is 8. The minimum Gasteiger partial charge on any atom is -0.404 e. The van der Waals surface area contributed by atoms with Gasteiger partial charge in [0.15, 0.2) is 0 Å². The monoisotopic (exact) mass is 520 g/mol. The van der Waals surface area contributed by atoms with Gasteiger partial charge in [-0.1, -0.05) is 0 Å². The Morgan fingerprint density at radius 3 is 0.486 bits per heavy atom. The molecule has 0 aromatic heterocycles. The van der Waals surface area contributed by atoms with Crippen LogP contribution in [0.1, 0.15) is 111 Å². The van der Waals surface area contributed by atoms with Gasteiger partial charge in [0.2, 0.25) is 0 Å². The largest absolute Gasteiger partial charge is 0.457 e. The van der Waals surface area contributed by atoms with Crippen molar-refractivity contribution in [3.63, 3.8) is 0 Å². The van der Waals surface area contributed by atoms with Crippen LogP contribution in [0.4, 0.5) is 0 Å². The van der Waals surface area contributed by atoms with E-state index in [9.17, 15) is 0 Å². The Labute approximate surface area is 226 Å². The summed E-state index contributed by atoms with van der Waals surface area (Å²) in [7, 11) is -3.57. The van der Waals surface area contributed by atoms with Crippen LogP contribution in [-0.4, -0.2) is 73.3 Å². The first-order chi connectivity index (χ1) is 16.2. The van der Waals surface area contributed by atoms with Crippen molar-refractivity contribution in [2.24, 2.45) is 0 Å². The van der Waals surface area contributed by atoms with E-state index in [1.165, 1.54) is 0 Å². The van der Waals surface area contributed by atoms with Crippen molar-refractivity contribution in [2.75, 3.05) is 0 Å². The molecule has 0 amide bonds. The minimum atomic E-state index is -1.31. The third-order valence-corrected chi connectivity index (χ3v) is 10.6. The summed E-state index contributed by atoms with van der Waals surface area (Å²) in [4.78, 5) is 0. The van der Waals surface area contributed by atoms with Crippen LogP contribution in [0.2, 0.25) is 5.01 Å². The summed E-state index contributed by atoms with van der Waals surface area (Å²) >= 11 is 0. The van der Waals surface area contributed by atoms with E-state index < -0.39 is 78.3 Å². The highest BCUT2D eigenvalue weighted by Crippen LogP contribution is 2.60. The molecule has 0 aromatic rings. The van der Waals surface area contributed by atoms with Crippen molar-refractivity contribution in [1.82, 2.24) is 0 Å². The van der Waals surface area contributed by atoms with Gasteiger partial charge in [0.1, 0.15) is 5.01 Å². The summed E-state index contributed by atoms with van der Waals surface area (Å²) < 4.78 is 54.2. The third-order valence-electron chi connectivity index (χ3n) is 10.6. The molecular formula is C25H48B4O8. The van der Waals surface area contributed by atoms with E-state index in [-0.39, 0.29) is 0 Å². The normalized spacial score (nSPS) is 32.4. The van der Waals surface area contributed by atoms with Crippen LogP contribution >= 0.6 is 0 Å². The van der Waals surface area contributed by atoms with E-state index in [1.54, 1.807) is 0 Å². The molecule has 0 bridgehead atoms. The van der Waals surface area contributed by atoms with Crippen molar-refractivity contribution < 1.29 is 37.2 Å². The summed E-state index contributed by atoms with van der Waals surface area (Å²) in [5.74, 6) is 0. The van der Waals surface area contributed by atoms with Gasteiger partial charge < -0.3 is 37.2 Å². The lowest BCUT2D eigenvalue weighted by molar-refractivity contribution is 0.00578. The van der Waals surface area contributed by atoms with Gasteiger partial charge in [-0.25, -0.2) is 0 Å². The van der Waals surface area contributed by atoms with Crippen LogP contribution in [0.25, 0.3) is 0 Å². The highest BCUT2D eigenvalue weighted by Gasteiger charge is 2.84. The van der Waals surface area contributed by atoms with Gasteiger partial charge in [-0.3, -0.25) is 0 Å². The second-order valence-electron chi connectivity index (χ2n) is 15.4. The maximum atomic E-state index is 6.77. The van der Waals surface area contributed by atoms with Gasteiger partial charge >= 0.3 is 28.5 Å². The molecule has 0 radical (unpaired) electrons. The van der Waals surface area contributed by atoms with Crippen molar-refractivity contribution >= 4 is 28.5 Å². The lowest BCUT2D eigenvalue weighted by Gasteiger charge is -2.39. The highest BCUT2D eigenvalue weighted by atomic mass is 16.7. The van der Waals surface area contributed by atoms with E-state index in [2.05, 4.69) is 0 Å². The number of hydrogen-bond donors (Lipinski definition) is 0. The molecule has 4 fully saturated rings. The molecule has 0 aromatic carbocycles. The fourth-order valence-corrected chi connectivity index (χ4v) is 4.86. The highest BCUT2D eigenvalue weighted by molar-refractivity contribution is 7.04. The maximum Gasteiger partial charge on any atom is 0.457 e. The van der Waals surface area contributed by atoms with Crippen molar-refractivity contribution in [1.29, 1.82) is 0 Å². The van der Waals surface area contributed by atoms with Crippen molar-refractivity contribution in [3.8, 4) is 0 Å². The van der Waals surface area contributed by atoms with Gasteiger partial charge in [0.25, 0.3) is 0 Å². The van der Waals surface area contributed by atoms with E-state index in [0.29, 0.717) is 0 Å². The minimum absolute atomic E-state index is 0.639. The summed E-state index contributed by atoms with van der Waals surface area (Å²) in [6.45, 7) is 32.4. The molecule has 0 N–H and O–H groups in total. The van der Waals surface area contributed by atoms with Gasteiger partial charge in [0, 0.05) is 0 Å². The maximum absolute atomic E-state index is 6.77. The quantitative estimate of drug-likeness (QED) is 0.494. The van der Waals surface area contributed by atoms with E-state index >= 15 is 0 Å². The molecule has 4 aliphatic rings. The number of rotatable bonds is 4. The van der Waals surface area contributed by atoms with Crippen molar-refractivity contribution in [3.05, 3.63) is 0 Å². The Kier molecular flexibility index (Phi) is 6.49. The first-order valence-corrected chi connectivity index (χ1v) is 13.7. The summed E-state index contributed by atoms with van der Waals surface area (Å²) in [6, 6.07) is 0. The smallest absolute Gasteiger partial charge is 0.404 e. The molecule has 0 unspecified atom stereocenters. The zero-order valence-electron chi connectivity index (χ0n) is 26.1. The molecule has 37 heavy (non-hydrogen) atoms. The Balaban J connectivity index is 1.96. The van der Waals surface area contributed by atoms with Gasteiger partial charge in [-0.2, -0.15) is 0 Å². The average molecular weight is 520 g/mol. The fraction of sp³-hybridized carbons (Fsp3) is 1.00. The molecular weight excluding hydrogens is 472 g/mol. The first-order valence-electron chi connectivity index (χ1n) is 13.7. The molecule has 208 valence electrons. The Hall–Kier alpha value is -0.0603. The lowest BCUT2D eigenvalue weighted by Crippen LogP contribution is -2.66. The predicted molar refractivity (Wildman–Crippen MR) is 147 cm³/mol. The van der Waals surface area contributed by atoms with Crippen LogP contribution in [0.5, 0.6) is 0 Å². The van der Waals surface area contributed by atoms with Gasteiger partial charge in [0.05, 0.1) is 44.8 Å². The van der Waals surface area contributed by atoms with Crippen LogP contribution in [0.15, 0.2) is 0 Å². The Bertz CT molecular complexity index is 716. The van der Waals surface area contributed by atoms with E-state index in [4.69, 9.17) is 37.2 Å². The average Bonchev–Trinajstić information content (AvgIpc) is 3.17. The predicted octanol–water partition coefficient (Wildman–Crippen LogP) is 4.71. The molecule has 0 saturated carbocycles. The second-order valence-corrected chi connectivity index (χ2v) is 15.4. The van der Waals surface area contributed by atoms with E-state index in [0.717, 1.165) is 0 Å². The second kappa shape index (κ2) is 8.03. The van der Waals surface area contributed by atoms with Gasteiger partial charge in [-0.15, -0.1) is 0 Å². The molecule has 0 atom stereocenters. The van der Waals surface area contributed by atoms with Crippen LogP contribution in [0.3, 0.4) is 0 Å². The fourth-order valence-electron chi connectivity index (χ4n) is 4.86. The third kappa shape index (κ3) is 4.14. The summed E-state index contributed by atoms with van der Waals surface area (Å²) in [6.07, 6.45) is 0. The van der Waals surface area contributed by atoms with Crippen molar-refractivity contribution in [2.45, 2.75) is 161 Å². The zero-order valence-corrected chi connectivity index (χ0v) is 26.1. The summed E-state index contributed by atoms with van der Waals surface area (Å²) in [5, 5.41) is -1.31. The lowest BCUT2D eigenvalue weighted by atomic mass is 9.12. The zero-order chi connectivity index (χ0) is 28.5. The standard InChI is InChI=1S/C25H48B4O8/c1-17(2)18(3,4)31-26(30-17)25(27-32-19(5,6)20(7,8)33-27,28-34-21(9,10)22(11,12)35-28)29-36-23(13,14)24(15,16)37-29/h1-16H3. The molecule has 0 spiro atoms. The Morgan fingerprint density at radius 1 is 0.270 bits per heavy atom. The molecule has 4 aliphatic heterocycles. The molecule has 12 heteroatoms. The summed E-state index contributed by atoms with van der Waals surface area (Å²) in [5.41, 5.74) is -5.11. The molecule has 4 heterocycles. The Morgan fingerprint density at radius 2 is 0.378 bits per heavy atom. The van der Waals surface area contributed by atoms with Crippen LogP contribution < -0.4 is 0 Å². The van der Waals surface area contributed by atoms with Gasteiger partial charge in [-0.05, 0) is 111 Å². The molecule has 4 rings (SSSR count). The van der Waals surface area contributed by atoms with E-state index in [1.807, 2.05) is 111 Å². The van der Waals surface area contributed by atoms with Crippen LogP contribution in [-0.2, 0) is 37.2 Å². The molecule has 4 saturated heterocycles. The SMILES string of the molecule is CC1(C)OB(C(B2OC(C)(C)C(C)(C)O2)(B2OC(C)(C)C(C)(C)O2)B2OC(C)(C)C(C)(C)O2)OC1(C)C. The first kappa shape index (κ1) is 29.9. The van der Waals surface area contributed by atoms with Crippen LogP contribution in [0, 0.1) is 0 Å². The topological polar surface area (TPSA) is 73.8 Å². The molecule has 8 nitrogen and oxygen atoms in total.